The lowest BCUT2D eigenvalue weighted by molar-refractivity contribution is 0.259. The molecule has 0 saturated heterocycles. The molecule has 378 valence electrons. The van der Waals surface area contributed by atoms with E-state index in [1.807, 2.05) is 84.9 Å². The van der Waals surface area contributed by atoms with Gasteiger partial charge in [0.1, 0.15) is 0 Å². The van der Waals surface area contributed by atoms with Crippen molar-refractivity contribution in [3.8, 4) is 70.4 Å². The molecule has 0 heterocycles. The second-order valence-corrected chi connectivity index (χ2v) is 19.0. The molecule has 0 unspecified atom stereocenters. The van der Waals surface area contributed by atoms with E-state index in [4.69, 9.17) is 18.9 Å². The standard InChI is InChI=1S/C70H74O4/c1-5-9-13-21-49-71-67-47-43-59(53-69(67)73-51-23-15-11-7-3)39-37-55-29-33-57(34-30-55)41-45-65-61-25-17-19-27-63(61)66(64-28-20-18-26-62(64)65)46-42-58-35-31-56(32-36-58)38-40-60-44-48-68(72-50-22-14-10-6-2)70(54-60)74-52-24-16-12-8-4/h17-20,25-36,43-44,47-48,53-54H,5-16,21-24,49-52H2,1-4H3. The average molecular weight is 979 g/mol. The fourth-order valence-corrected chi connectivity index (χ4v) is 8.71. The maximum atomic E-state index is 6.25. The van der Waals surface area contributed by atoms with Gasteiger partial charge in [0, 0.05) is 44.5 Å². The molecule has 0 aromatic heterocycles. The van der Waals surface area contributed by atoms with Crippen molar-refractivity contribution in [1.82, 2.24) is 0 Å². The Labute approximate surface area is 443 Å². The summed E-state index contributed by atoms with van der Waals surface area (Å²) in [6, 6.07) is 45.3. The third-order valence-electron chi connectivity index (χ3n) is 13.0. The fraction of sp³-hybridized carbons (Fsp3) is 0.343. The molecule has 0 saturated carbocycles. The van der Waals surface area contributed by atoms with Gasteiger partial charge in [-0.25, -0.2) is 0 Å². The SMILES string of the molecule is CCCCCCOc1ccc(C#Cc2ccc(C#Cc3c4ccccc4c(C#Cc4ccc(C#Cc5ccc(OCCCCCC)c(OCCCCCC)c5)cc4)c4ccccc34)cc2)cc1OCCCCCC. The summed E-state index contributed by atoms with van der Waals surface area (Å²) >= 11 is 0. The van der Waals surface area contributed by atoms with Crippen LogP contribution >= 0.6 is 0 Å². The Bertz CT molecular complexity index is 2860. The zero-order valence-corrected chi connectivity index (χ0v) is 44.5. The van der Waals surface area contributed by atoms with Gasteiger partial charge >= 0.3 is 0 Å². The van der Waals surface area contributed by atoms with E-state index >= 15 is 0 Å². The van der Waals surface area contributed by atoms with Crippen LogP contribution in [0.3, 0.4) is 0 Å². The number of unbranched alkanes of at least 4 members (excludes halogenated alkanes) is 12. The topological polar surface area (TPSA) is 36.9 Å². The van der Waals surface area contributed by atoms with Gasteiger partial charge in [-0.15, -0.1) is 0 Å². The summed E-state index contributed by atoms with van der Waals surface area (Å²) in [5.41, 5.74) is 7.44. The predicted molar refractivity (Wildman–Crippen MR) is 310 cm³/mol. The first-order valence-corrected chi connectivity index (χ1v) is 27.6. The normalized spacial score (nSPS) is 10.5. The minimum Gasteiger partial charge on any atom is -0.490 e. The van der Waals surface area contributed by atoms with E-state index in [-0.39, 0.29) is 0 Å². The molecule has 0 atom stereocenters. The van der Waals surface area contributed by atoms with Crippen molar-refractivity contribution >= 4 is 21.5 Å². The highest BCUT2D eigenvalue weighted by Crippen LogP contribution is 2.33. The number of hydrogen-bond donors (Lipinski definition) is 0. The molecule has 7 rings (SSSR count). The van der Waals surface area contributed by atoms with Gasteiger partial charge in [-0.3, -0.25) is 0 Å². The molecule has 0 N–H and O–H groups in total. The van der Waals surface area contributed by atoms with Gasteiger partial charge in [-0.2, -0.15) is 0 Å². The summed E-state index contributed by atoms with van der Waals surface area (Å²) in [6.45, 7) is 11.6. The summed E-state index contributed by atoms with van der Waals surface area (Å²) in [4.78, 5) is 0. The van der Waals surface area contributed by atoms with Gasteiger partial charge < -0.3 is 18.9 Å². The zero-order chi connectivity index (χ0) is 51.4. The van der Waals surface area contributed by atoms with Crippen LogP contribution in [0.4, 0.5) is 0 Å². The van der Waals surface area contributed by atoms with Crippen LogP contribution in [0.1, 0.15) is 175 Å². The second-order valence-electron chi connectivity index (χ2n) is 19.0. The van der Waals surface area contributed by atoms with Crippen molar-refractivity contribution in [2.24, 2.45) is 0 Å². The van der Waals surface area contributed by atoms with Gasteiger partial charge in [0.15, 0.2) is 23.0 Å². The highest BCUT2D eigenvalue weighted by Gasteiger charge is 2.12. The van der Waals surface area contributed by atoms with Gasteiger partial charge in [0.05, 0.1) is 26.4 Å². The Morgan fingerprint density at radius 2 is 0.514 bits per heavy atom. The van der Waals surface area contributed by atoms with Crippen LogP contribution in [0.15, 0.2) is 133 Å². The Hall–Kier alpha value is -7.50. The summed E-state index contributed by atoms with van der Waals surface area (Å²) in [5.74, 6) is 30.6. The van der Waals surface area contributed by atoms with Crippen molar-refractivity contribution in [3.63, 3.8) is 0 Å². The van der Waals surface area contributed by atoms with Gasteiger partial charge in [0.2, 0.25) is 0 Å². The first-order valence-electron chi connectivity index (χ1n) is 27.6. The van der Waals surface area contributed by atoms with Crippen LogP contribution in [-0.2, 0) is 0 Å². The van der Waals surface area contributed by atoms with Crippen molar-refractivity contribution in [1.29, 1.82) is 0 Å². The monoisotopic (exact) mass is 979 g/mol. The lowest BCUT2D eigenvalue weighted by Gasteiger charge is -2.13. The summed E-state index contributed by atoms with van der Waals surface area (Å²) in [6.07, 6.45) is 18.5. The Morgan fingerprint density at radius 3 is 0.811 bits per heavy atom. The predicted octanol–water partition coefficient (Wildman–Crippen LogP) is 17.4. The van der Waals surface area contributed by atoms with Gasteiger partial charge in [-0.05, 0) is 132 Å². The lowest BCUT2D eigenvalue weighted by atomic mass is 9.92. The fourth-order valence-electron chi connectivity index (χ4n) is 8.71. The highest BCUT2D eigenvalue weighted by atomic mass is 16.5. The Kier molecular flexibility index (Phi) is 22.4. The molecule has 7 aromatic rings. The largest absolute Gasteiger partial charge is 0.490 e. The van der Waals surface area contributed by atoms with E-state index in [0.29, 0.717) is 26.4 Å². The third kappa shape index (κ3) is 16.8. The molecule has 0 aliphatic carbocycles. The van der Waals surface area contributed by atoms with Crippen molar-refractivity contribution in [2.45, 2.75) is 130 Å². The Balaban J connectivity index is 1.05. The maximum absolute atomic E-state index is 6.25. The van der Waals surface area contributed by atoms with Crippen LogP contribution in [0.5, 0.6) is 23.0 Å². The molecule has 0 aliphatic rings. The summed E-state index contributed by atoms with van der Waals surface area (Å²) in [5, 5.41) is 4.30. The Morgan fingerprint density at radius 1 is 0.257 bits per heavy atom. The van der Waals surface area contributed by atoms with E-state index in [1.165, 1.54) is 64.2 Å². The summed E-state index contributed by atoms with van der Waals surface area (Å²) < 4.78 is 24.9. The number of benzene rings is 7. The maximum Gasteiger partial charge on any atom is 0.162 e. The highest BCUT2D eigenvalue weighted by molar-refractivity contribution is 6.09. The zero-order valence-electron chi connectivity index (χ0n) is 44.5. The number of ether oxygens (including phenoxy) is 4. The van der Waals surface area contributed by atoms with Gasteiger partial charge in [-0.1, -0.05) is 201 Å². The lowest BCUT2D eigenvalue weighted by Crippen LogP contribution is -2.03. The molecule has 0 aliphatic heterocycles. The van der Waals surface area contributed by atoms with Crippen LogP contribution in [0.2, 0.25) is 0 Å². The van der Waals surface area contributed by atoms with E-state index in [2.05, 4.69) is 124 Å². The van der Waals surface area contributed by atoms with Crippen LogP contribution in [-0.4, -0.2) is 26.4 Å². The molecule has 4 nitrogen and oxygen atoms in total. The molecule has 4 heteroatoms. The molecule has 74 heavy (non-hydrogen) atoms. The minimum absolute atomic E-state index is 0.673. The van der Waals surface area contributed by atoms with Crippen LogP contribution < -0.4 is 18.9 Å². The number of hydrogen-bond acceptors (Lipinski definition) is 4. The molecule has 0 fully saturated rings. The number of rotatable bonds is 24. The second kappa shape index (κ2) is 30.5. The van der Waals surface area contributed by atoms with E-state index in [0.717, 1.165) is 128 Å². The van der Waals surface area contributed by atoms with Crippen LogP contribution in [0.25, 0.3) is 21.5 Å². The molecular formula is C70H74O4. The molecule has 7 aromatic carbocycles. The smallest absolute Gasteiger partial charge is 0.162 e. The van der Waals surface area contributed by atoms with Crippen LogP contribution in [0, 0.1) is 47.4 Å². The van der Waals surface area contributed by atoms with E-state index in [9.17, 15) is 0 Å². The number of fused-ring (bicyclic) bond motifs is 2. The molecule has 0 radical (unpaired) electrons. The van der Waals surface area contributed by atoms with E-state index < -0.39 is 0 Å². The molecule has 0 amide bonds. The van der Waals surface area contributed by atoms with Gasteiger partial charge in [0.25, 0.3) is 0 Å². The first-order chi connectivity index (χ1) is 36.6. The van der Waals surface area contributed by atoms with Crippen molar-refractivity contribution in [3.05, 3.63) is 178 Å². The van der Waals surface area contributed by atoms with E-state index in [1.54, 1.807) is 0 Å². The average Bonchev–Trinajstić information content (AvgIpc) is 3.44. The molecule has 0 spiro atoms. The molecule has 0 bridgehead atoms. The quantitative estimate of drug-likeness (QED) is 0.0343. The first kappa shape index (κ1) is 54.3. The van der Waals surface area contributed by atoms with Crippen molar-refractivity contribution < 1.29 is 18.9 Å². The molecular weight excluding hydrogens is 905 g/mol. The van der Waals surface area contributed by atoms with Crippen molar-refractivity contribution in [2.75, 3.05) is 26.4 Å². The summed E-state index contributed by atoms with van der Waals surface area (Å²) in [7, 11) is 0. The third-order valence-corrected chi connectivity index (χ3v) is 13.0. The minimum atomic E-state index is 0.673.